The Morgan fingerprint density at radius 3 is 1.37 bits per heavy atom. The molecule has 0 aromatic heterocycles. The van der Waals surface area contributed by atoms with Crippen molar-refractivity contribution in [1.82, 2.24) is 0 Å². The van der Waals surface area contributed by atoms with E-state index in [1.807, 2.05) is 0 Å². The summed E-state index contributed by atoms with van der Waals surface area (Å²) in [6, 6.07) is 91.1. The Morgan fingerprint density at radius 1 is 0.368 bits per heavy atom. The molecule has 2 heterocycles. The van der Waals surface area contributed by atoms with Crippen LogP contribution >= 0.6 is 0 Å². The Bertz CT molecular complexity index is 5260. The largest absolute Gasteiger partial charge is 0.497 e. The van der Waals surface area contributed by atoms with Gasteiger partial charge in [0.25, 0.3) is 0 Å². The maximum absolute atomic E-state index is 7.70. The Labute approximate surface area is 556 Å². The van der Waals surface area contributed by atoms with Gasteiger partial charge >= 0.3 is 0 Å². The topological polar surface area (TPSA) is 34.2 Å². The molecule has 0 N–H and O–H groups in total. The predicted octanol–water partition coefficient (Wildman–Crippen LogP) is 21.5. The molecule has 0 amide bonds. The molecule has 0 radical (unpaired) electrons. The lowest BCUT2D eigenvalue weighted by molar-refractivity contribution is 0.163. The summed E-state index contributed by atoms with van der Waals surface area (Å²) in [5.41, 5.74) is 20.8. The summed E-state index contributed by atoms with van der Waals surface area (Å²) in [5, 5.41) is 9.96. The zero-order valence-corrected chi connectivity index (χ0v) is 54.5. The predicted molar refractivity (Wildman–Crippen MR) is 394 cm³/mol. The molecule has 2 aliphatic heterocycles. The molecule has 0 saturated heterocycles. The van der Waals surface area contributed by atoms with Crippen molar-refractivity contribution >= 4 is 66.6 Å². The summed E-state index contributed by atoms with van der Waals surface area (Å²) < 4.78 is 21.1. The fourth-order valence-electron chi connectivity index (χ4n) is 18.1. The van der Waals surface area contributed by atoms with Gasteiger partial charge in [-0.2, -0.15) is 0 Å². The van der Waals surface area contributed by atoms with Crippen LogP contribution < -0.4 is 24.0 Å². The van der Waals surface area contributed by atoms with Crippen molar-refractivity contribution in [2.24, 2.45) is 0 Å². The SMILES string of the molecule is CN(C)c1ccc(C2(c3ccccc3)C=Cc3c4c(c5ccccc5c3O2)-c2ccccc2C42CCCCCCC2)cc1.COc1ccc2c3c(c4c(c2c1)OC(c1ccccc1)(c1ccc(N(C)C)cc1)C=C4)C1(c2ccccc2-3)c2cccc3ccc4cccc1c4c23. The molecule has 13 aromatic rings. The standard InChI is InChI=1S/C49H35NO2.C41H39NO/c1-50(2)34-23-21-33(22-24-34)48(32-13-5-4-6-14-32)28-27-38-46-45(36-26-25-35(51-3)29-39(36)47(38)52-48)37-15-7-8-16-40(37)49(46)41-17-9-11-30-19-20-31-12-10-18-42(49)44(31)43(30)41;1-42(2)31-23-21-30(22-24-31)41(29-15-7-6-8-16-29)28-25-35-38-37(32-17-9-10-18-33(32)39(35)43-41)34-19-11-12-20-36(34)40(38)26-13-4-3-5-14-27-40/h4-29H,1-3H3;6-12,15-25,28H,3-5,13-14,26-27H2,1-2H3. The average molecular weight is 1230 g/mol. The van der Waals surface area contributed by atoms with E-state index in [-0.39, 0.29) is 5.41 Å². The van der Waals surface area contributed by atoms with E-state index in [1.165, 1.54) is 144 Å². The quantitative estimate of drug-likeness (QED) is 0.149. The van der Waals surface area contributed by atoms with Crippen molar-refractivity contribution in [2.75, 3.05) is 45.1 Å². The minimum absolute atomic E-state index is 0.0221. The van der Waals surface area contributed by atoms with Gasteiger partial charge in [-0.3, -0.25) is 0 Å². The molecular weight excluding hydrogens is 1160 g/mol. The molecule has 19 rings (SSSR count). The zero-order valence-electron chi connectivity index (χ0n) is 54.5. The number of benzene rings is 13. The second-order valence-electron chi connectivity index (χ2n) is 27.5. The summed E-state index contributed by atoms with van der Waals surface area (Å²) in [6.07, 6.45) is 18.4. The third-order valence-corrected chi connectivity index (χ3v) is 22.3. The summed E-state index contributed by atoms with van der Waals surface area (Å²) in [7, 11) is 10.1. The second kappa shape index (κ2) is 21.7. The first-order valence-electron chi connectivity index (χ1n) is 34.0. The fraction of sp³-hybridized carbons (Fsp3) is 0.178. The number of ether oxygens (including phenoxy) is 3. The fourth-order valence-corrected chi connectivity index (χ4v) is 18.1. The van der Waals surface area contributed by atoms with Crippen LogP contribution in [-0.4, -0.2) is 35.3 Å². The molecule has 2 unspecified atom stereocenters. The highest BCUT2D eigenvalue weighted by atomic mass is 16.5. The van der Waals surface area contributed by atoms with Crippen molar-refractivity contribution < 1.29 is 14.2 Å². The molecule has 1 saturated carbocycles. The van der Waals surface area contributed by atoms with Gasteiger partial charge in [0.2, 0.25) is 0 Å². The molecular formula is C90H74N2O3. The summed E-state index contributed by atoms with van der Waals surface area (Å²) in [4.78, 5) is 4.28. The average Bonchev–Trinajstić information content (AvgIpc) is 1.50. The maximum atomic E-state index is 7.70. The van der Waals surface area contributed by atoms with Gasteiger partial charge in [-0.05, 0) is 155 Å². The molecule has 5 heteroatoms. The van der Waals surface area contributed by atoms with Gasteiger partial charge in [0.05, 0.1) is 12.5 Å². The van der Waals surface area contributed by atoms with E-state index in [1.54, 1.807) is 7.11 Å². The van der Waals surface area contributed by atoms with Crippen LogP contribution in [0.15, 0.2) is 261 Å². The van der Waals surface area contributed by atoms with Crippen LogP contribution in [0.25, 0.3) is 77.5 Å². The third-order valence-electron chi connectivity index (χ3n) is 22.3. The van der Waals surface area contributed by atoms with Crippen LogP contribution in [0, 0.1) is 0 Å². The lowest BCUT2D eigenvalue weighted by atomic mass is 9.67. The molecule has 5 nitrogen and oxygen atoms in total. The smallest absolute Gasteiger partial charge is 0.178 e. The number of methoxy groups -OCH3 is 1. The molecule has 6 aliphatic rings. The zero-order chi connectivity index (χ0) is 63.8. The van der Waals surface area contributed by atoms with E-state index in [0.29, 0.717) is 0 Å². The van der Waals surface area contributed by atoms with E-state index >= 15 is 0 Å². The number of hydrogen-bond acceptors (Lipinski definition) is 5. The van der Waals surface area contributed by atoms with Crippen LogP contribution in [0.3, 0.4) is 0 Å². The van der Waals surface area contributed by atoms with Crippen LogP contribution in [0.5, 0.6) is 17.2 Å². The van der Waals surface area contributed by atoms with Gasteiger partial charge in [0.15, 0.2) is 11.2 Å². The Morgan fingerprint density at radius 2 is 0.811 bits per heavy atom. The molecule has 1 fully saturated rings. The Balaban J connectivity index is 0.000000142. The van der Waals surface area contributed by atoms with Crippen molar-refractivity contribution in [2.45, 2.75) is 67.0 Å². The monoisotopic (exact) mass is 1230 g/mol. The lowest BCUT2D eigenvalue weighted by Crippen LogP contribution is -2.35. The summed E-state index contributed by atoms with van der Waals surface area (Å²) in [6.45, 7) is 0. The Hall–Kier alpha value is -10.6. The van der Waals surface area contributed by atoms with Gasteiger partial charge in [0, 0.05) is 89.1 Å². The Kier molecular flexibility index (Phi) is 13.1. The summed E-state index contributed by atoms with van der Waals surface area (Å²) >= 11 is 0. The van der Waals surface area contributed by atoms with Crippen molar-refractivity contribution in [3.8, 4) is 39.5 Å². The highest BCUT2D eigenvalue weighted by Gasteiger charge is 2.55. The van der Waals surface area contributed by atoms with E-state index < -0.39 is 16.6 Å². The van der Waals surface area contributed by atoms with Crippen molar-refractivity contribution in [1.29, 1.82) is 0 Å². The van der Waals surface area contributed by atoms with Gasteiger partial charge in [-0.15, -0.1) is 0 Å². The van der Waals surface area contributed by atoms with E-state index in [2.05, 4.69) is 311 Å². The number of fused-ring (bicyclic) bond motifs is 22. The van der Waals surface area contributed by atoms with Gasteiger partial charge in [-0.1, -0.05) is 251 Å². The molecule has 0 bridgehead atoms. The first-order valence-corrected chi connectivity index (χ1v) is 34.0. The van der Waals surface area contributed by atoms with Crippen LogP contribution in [0.2, 0.25) is 0 Å². The van der Waals surface area contributed by atoms with Crippen molar-refractivity contribution in [3.63, 3.8) is 0 Å². The van der Waals surface area contributed by atoms with Crippen LogP contribution in [-0.2, 0) is 22.0 Å². The van der Waals surface area contributed by atoms with Crippen molar-refractivity contribution in [3.05, 3.63) is 328 Å². The molecule has 13 aromatic carbocycles. The minimum atomic E-state index is -0.860. The first-order chi connectivity index (χ1) is 46.7. The summed E-state index contributed by atoms with van der Waals surface area (Å²) in [5.74, 6) is 2.70. The number of nitrogens with zero attached hydrogens (tertiary/aromatic N) is 2. The van der Waals surface area contributed by atoms with E-state index in [0.717, 1.165) is 61.5 Å². The molecule has 462 valence electrons. The highest BCUT2D eigenvalue weighted by Crippen LogP contribution is 2.67. The third kappa shape index (κ3) is 8.14. The number of anilines is 2. The highest BCUT2D eigenvalue weighted by molar-refractivity contribution is 6.20. The van der Waals surface area contributed by atoms with E-state index in [9.17, 15) is 0 Å². The molecule has 2 spiro atoms. The van der Waals surface area contributed by atoms with Gasteiger partial charge < -0.3 is 24.0 Å². The molecule has 4 aliphatic carbocycles. The molecule has 2 atom stereocenters. The maximum Gasteiger partial charge on any atom is 0.178 e. The van der Waals surface area contributed by atoms with E-state index in [4.69, 9.17) is 14.2 Å². The number of hydrogen-bond donors (Lipinski definition) is 0. The lowest BCUT2D eigenvalue weighted by Gasteiger charge is -2.40. The van der Waals surface area contributed by atoms with Crippen LogP contribution in [0.1, 0.15) is 112 Å². The van der Waals surface area contributed by atoms with Gasteiger partial charge in [0.1, 0.15) is 17.2 Å². The molecule has 95 heavy (non-hydrogen) atoms. The first kappa shape index (κ1) is 57.1. The second-order valence-corrected chi connectivity index (χ2v) is 27.5. The van der Waals surface area contributed by atoms with Crippen LogP contribution in [0.4, 0.5) is 11.4 Å². The van der Waals surface area contributed by atoms with Gasteiger partial charge in [-0.25, -0.2) is 0 Å². The minimum Gasteiger partial charge on any atom is -0.497 e. The normalized spacial score (nSPS) is 18.4. The number of rotatable bonds is 7.